The summed E-state index contributed by atoms with van der Waals surface area (Å²) >= 11 is 5.70. The van der Waals surface area contributed by atoms with E-state index in [0.717, 1.165) is 0 Å². The van der Waals surface area contributed by atoms with Gasteiger partial charge in [-0.25, -0.2) is 12.8 Å². The van der Waals surface area contributed by atoms with Crippen LogP contribution in [0.5, 0.6) is 0 Å². The van der Waals surface area contributed by atoms with Crippen molar-refractivity contribution in [3.8, 4) is 0 Å². The monoisotopic (exact) mass is 305 g/mol. The van der Waals surface area contributed by atoms with E-state index in [2.05, 4.69) is 5.16 Å². The van der Waals surface area contributed by atoms with Crippen molar-refractivity contribution in [3.63, 3.8) is 0 Å². The fourth-order valence-electron chi connectivity index (χ4n) is 1.69. The van der Waals surface area contributed by atoms with Gasteiger partial charge in [0.2, 0.25) is 0 Å². The number of benzene rings is 1. The van der Waals surface area contributed by atoms with E-state index in [9.17, 15) is 12.8 Å². The van der Waals surface area contributed by atoms with E-state index >= 15 is 0 Å². The number of halogens is 2. The lowest BCUT2D eigenvalue weighted by atomic mass is 10.1. The van der Waals surface area contributed by atoms with Gasteiger partial charge < -0.3 is 4.84 Å². The van der Waals surface area contributed by atoms with Crippen LogP contribution in [0.2, 0.25) is 0 Å². The fourth-order valence-corrected chi connectivity index (χ4v) is 3.32. The van der Waals surface area contributed by atoms with E-state index in [1.807, 2.05) is 0 Å². The number of hydrogen-bond donors (Lipinski definition) is 0. The van der Waals surface area contributed by atoms with Crippen molar-refractivity contribution in [1.82, 2.24) is 0 Å². The molecule has 0 aromatic heterocycles. The van der Waals surface area contributed by atoms with E-state index in [1.54, 1.807) is 13.0 Å². The molecule has 0 fully saturated rings. The van der Waals surface area contributed by atoms with Crippen LogP contribution in [0.25, 0.3) is 0 Å². The molecule has 0 amide bonds. The van der Waals surface area contributed by atoms with Gasteiger partial charge in [-0.1, -0.05) is 23.4 Å². The van der Waals surface area contributed by atoms with Gasteiger partial charge in [0.25, 0.3) is 0 Å². The average Bonchev–Trinajstić information content (AvgIpc) is 2.76. The van der Waals surface area contributed by atoms with Crippen LogP contribution in [0.1, 0.15) is 18.9 Å². The van der Waals surface area contributed by atoms with Crippen LogP contribution in [-0.4, -0.2) is 24.9 Å². The van der Waals surface area contributed by atoms with E-state index in [4.69, 9.17) is 16.4 Å². The molecule has 19 heavy (non-hydrogen) atoms. The van der Waals surface area contributed by atoms with Crippen molar-refractivity contribution in [1.29, 1.82) is 0 Å². The number of rotatable bonds is 3. The summed E-state index contributed by atoms with van der Waals surface area (Å²) in [5, 5.41) is 3.49. The highest BCUT2D eigenvalue weighted by Gasteiger charge is 2.39. The summed E-state index contributed by atoms with van der Waals surface area (Å²) in [7, 11) is -3.69. The van der Waals surface area contributed by atoms with Gasteiger partial charge in [-0.05, 0) is 13.0 Å². The Bertz CT molecular complexity index is 617. The Morgan fingerprint density at radius 1 is 1.47 bits per heavy atom. The molecular formula is C12H13ClFNO3S. The molecule has 0 saturated carbocycles. The molecule has 1 aromatic rings. The summed E-state index contributed by atoms with van der Waals surface area (Å²) in [4.78, 5) is 5.04. The number of sulfone groups is 1. The summed E-state index contributed by atoms with van der Waals surface area (Å²) in [5.41, 5.74) is -0.691. The Kier molecular flexibility index (Phi) is 3.82. The number of hydrogen-bond acceptors (Lipinski definition) is 4. The van der Waals surface area contributed by atoms with Gasteiger partial charge in [-0.3, -0.25) is 0 Å². The summed E-state index contributed by atoms with van der Waals surface area (Å²) < 4.78 is 37.7. The Morgan fingerprint density at radius 2 is 2.16 bits per heavy atom. The third-order valence-electron chi connectivity index (χ3n) is 2.84. The average molecular weight is 306 g/mol. The molecule has 1 heterocycles. The molecule has 104 valence electrons. The SMILES string of the molecule is CC1(CCl)CC(S(=O)(=O)Cc2ccccc2F)=NO1. The zero-order valence-corrected chi connectivity index (χ0v) is 11.8. The molecule has 0 spiro atoms. The summed E-state index contributed by atoms with van der Waals surface area (Å²) in [6.45, 7) is 1.68. The van der Waals surface area contributed by atoms with Crippen LogP contribution < -0.4 is 0 Å². The second kappa shape index (κ2) is 5.09. The summed E-state index contributed by atoms with van der Waals surface area (Å²) in [6.07, 6.45) is 0.104. The van der Waals surface area contributed by atoms with Crippen LogP contribution in [-0.2, 0) is 20.4 Å². The molecule has 1 atom stereocenters. The van der Waals surface area contributed by atoms with Crippen LogP contribution in [0.4, 0.5) is 4.39 Å². The quantitative estimate of drug-likeness (QED) is 0.806. The normalized spacial score (nSPS) is 23.0. The van der Waals surface area contributed by atoms with Gasteiger partial charge in [0.15, 0.2) is 20.5 Å². The first-order chi connectivity index (χ1) is 8.86. The van der Waals surface area contributed by atoms with Crippen LogP contribution >= 0.6 is 11.6 Å². The topological polar surface area (TPSA) is 55.7 Å². The Balaban J connectivity index is 2.19. The first-order valence-corrected chi connectivity index (χ1v) is 7.82. The summed E-state index contributed by atoms with van der Waals surface area (Å²) in [5.74, 6) is -0.846. The number of nitrogens with zero attached hydrogens (tertiary/aromatic N) is 1. The zero-order valence-electron chi connectivity index (χ0n) is 10.3. The van der Waals surface area contributed by atoms with E-state index in [0.29, 0.717) is 0 Å². The van der Waals surface area contributed by atoms with E-state index < -0.39 is 27.0 Å². The number of oxime groups is 1. The fraction of sp³-hybridized carbons (Fsp3) is 0.417. The minimum Gasteiger partial charge on any atom is -0.387 e. The first-order valence-electron chi connectivity index (χ1n) is 5.63. The molecule has 4 nitrogen and oxygen atoms in total. The van der Waals surface area contributed by atoms with Gasteiger partial charge >= 0.3 is 0 Å². The van der Waals surface area contributed by atoms with Crippen molar-refractivity contribution in [2.75, 3.05) is 5.88 Å². The standard InChI is InChI=1S/C12H13ClFNO3S/c1-12(8-13)6-11(15-18-12)19(16,17)7-9-4-2-3-5-10(9)14/h2-5H,6-8H2,1H3. The Hall–Kier alpha value is -1.14. The molecule has 0 N–H and O–H groups in total. The largest absolute Gasteiger partial charge is 0.387 e. The second-order valence-electron chi connectivity index (χ2n) is 4.69. The maximum absolute atomic E-state index is 13.5. The van der Waals surface area contributed by atoms with E-state index in [-0.39, 0.29) is 22.9 Å². The molecule has 0 aliphatic carbocycles. The first kappa shape index (κ1) is 14.3. The smallest absolute Gasteiger partial charge is 0.199 e. The predicted molar refractivity (Wildman–Crippen MR) is 71.3 cm³/mol. The molecule has 0 saturated heterocycles. The van der Waals surface area contributed by atoms with E-state index in [1.165, 1.54) is 18.2 Å². The molecule has 0 radical (unpaired) electrons. The van der Waals surface area contributed by atoms with Crippen molar-refractivity contribution in [3.05, 3.63) is 35.6 Å². The van der Waals surface area contributed by atoms with Crippen molar-refractivity contribution in [2.24, 2.45) is 5.16 Å². The van der Waals surface area contributed by atoms with Crippen molar-refractivity contribution < 1.29 is 17.6 Å². The molecule has 7 heteroatoms. The highest BCUT2D eigenvalue weighted by molar-refractivity contribution is 8.05. The highest BCUT2D eigenvalue weighted by atomic mass is 35.5. The van der Waals surface area contributed by atoms with Crippen LogP contribution in [0, 0.1) is 5.82 Å². The molecule has 1 unspecified atom stereocenters. The highest BCUT2D eigenvalue weighted by Crippen LogP contribution is 2.28. The lowest BCUT2D eigenvalue weighted by Crippen LogP contribution is -2.28. The third kappa shape index (κ3) is 3.06. The molecule has 1 aliphatic heterocycles. The van der Waals surface area contributed by atoms with Crippen LogP contribution in [0.3, 0.4) is 0 Å². The minimum atomic E-state index is -3.69. The van der Waals surface area contributed by atoms with Crippen molar-refractivity contribution >= 4 is 26.5 Å². The Labute approximate surface area is 116 Å². The van der Waals surface area contributed by atoms with Gasteiger partial charge in [0.1, 0.15) is 5.82 Å². The summed E-state index contributed by atoms with van der Waals surface area (Å²) in [6, 6.07) is 5.75. The maximum Gasteiger partial charge on any atom is 0.199 e. The lowest BCUT2D eigenvalue weighted by Gasteiger charge is -2.16. The molecule has 1 aliphatic rings. The molecule has 1 aromatic carbocycles. The molecular weight excluding hydrogens is 293 g/mol. The Morgan fingerprint density at radius 3 is 2.74 bits per heavy atom. The number of alkyl halides is 1. The third-order valence-corrected chi connectivity index (χ3v) is 5.03. The van der Waals surface area contributed by atoms with Gasteiger partial charge in [0, 0.05) is 12.0 Å². The molecule has 2 rings (SSSR count). The van der Waals surface area contributed by atoms with Gasteiger partial charge in [-0.15, -0.1) is 11.6 Å². The zero-order chi connectivity index (χ0) is 14.1. The van der Waals surface area contributed by atoms with Crippen LogP contribution in [0.15, 0.2) is 29.4 Å². The van der Waals surface area contributed by atoms with Gasteiger partial charge in [0.05, 0.1) is 11.6 Å². The minimum absolute atomic E-state index is 0.0843. The van der Waals surface area contributed by atoms with Crippen molar-refractivity contribution in [2.45, 2.75) is 24.7 Å². The lowest BCUT2D eigenvalue weighted by molar-refractivity contribution is 0.0152. The predicted octanol–water partition coefficient (Wildman–Crippen LogP) is 2.47. The molecule has 0 bridgehead atoms. The maximum atomic E-state index is 13.5. The second-order valence-corrected chi connectivity index (χ2v) is 6.94. The van der Waals surface area contributed by atoms with Gasteiger partial charge in [-0.2, -0.15) is 0 Å².